The largest absolute Gasteiger partial charge is 0.369 e. The molecule has 0 aromatic rings. The van der Waals surface area contributed by atoms with E-state index in [0.29, 0.717) is 26.1 Å². The van der Waals surface area contributed by atoms with Crippen molar-refractivity contribution >= 4 is 11.8 Å². The van der Waals surface area contributed by atoms with Crippen LogP contribution in [0.2, 0.25) is 0 Å². The molecule has 0 bridgehead atoms. The highest BCUT2D eigenvalue weighted by atomic mass is 16.7. The number of hydrogen-bond donors (Lipinski definition) is 2. The van der Waals surface area contributed by atoms with Crippen molar-refractivity contribution in [3.05, 3.63) is 0 Å². The van der Waals surface area contributed by atoms with Crippen LogP contribution in [0.1, 0.15) is 39.5 Å². The Kier molecular flexibility index (Phi) is 6.38. The molecule has 1 unspecified atom stereocenters. The van der Waals surface area contributed by atoms with Crippen LogP contribution in [0.4, 0.5) is 0 Å². The third kappa shape index (κ3) is 3.91. The molecular formula is C13H25N3O4. The Morgan fingerprint density at radius 1 is 1.20 bits per heavy atom. The maximum Gasteiger partial charge on any atom is 0.234 e. The first kappa shape index (κ1) is 16.9. The van der Waals surface area contributed by atoms with Crippen LogP contribution >= 0.6 is 0 Å². The van der Waals surface area contributed by atoms with Gasteiger partial charge in [-0.2, -0.15) is 0 Å². The molecule has 1 aliphatic rings. The summed E-state index contributed by atoms with van der Waals surface area (Å²) in [6.45, 7) is 4.80. The average molecular weight is 287 g/mol. The number of likely N-dealkylation sites (tertiary alicyclic amines) is 1. The van der Waals surface area contributed by atoms with E-state index in [0.717, 1.165) is 12.8 Å². The highest BCUT2D eigenvalue weighted by molar-refractivity contribution is 5.82. The first-order valence-corrected chi connectivity index (χ1v) is 7.09. The molecule has 1 aliphatic heterocycles. The summed E-state index contributed by atoms with van der Waals surface area (Å²) in [5.74, 6) is -2.10. The summed E-state index contributed by atoms with van der Waals surface area (Å²) in [5, 5.41) is 0. The summed E-state index contributed by atoms with van der Waals surface area (Å²) in [7, 11) is 0. The molecule has 0 aromatic carbocycles. The van der Waals surface area contributed by atoms with E-state index in [2.05, 4.69) is 0 Å². The molecule has 0 saturated carbocycles. The number of carbonyl (C=O) groups is 2. The van der Waals surface area contributed by atoms with Crippen molar-refractivity contribution in [2.24, 2.45) is 11.5 Å². The molecule has 0 radical (unpaired) electrons. The maximum absolute atomic E-state index is 11.5. The molecular weight excluding hydrogens is 262 g/mol. The summed E-state index contributed by atoms with van der Waals surface area (Å²) in [6.07, 6.45) is 2.61. The summed E-state index contributed by atoms with van der Waals surface area (Å²) in [6, 6.07) is -0.587. The van der Waals surface area contributed by atoms with Crippen LogP contribution in [0.3, 0.4) is 0 Å². The summed E-state index contributed by atoms with van der Waals surface area (Å²) in [5.41, 5.74) is 10.7. The van der Waals surface area contributed by atoms with E-state index in [1.54, 1.807) is 4.90 Å². The molecule has 7 heteroatoms. The Bertz CT molecular complexity index is 341. The van der Waals surface area contributed by atoms with Gasteiger partial charge in [0.2, 0.25) is 17.7 Å². The van der Waals surface area contributed by atoms with Gasteiger partial charge >= 0.3 is 0 Å². The van der Waals surface area contributed by atoms with E-state index >= 15 is 0 Å². The zero-order chi connectivity index (χ0) is 15.2. The van der Waals surface area contributed by atoms with Crippen molar-refractivity contribution in [1.82, 2.24) is 4.90 Å². The molecule has 7 nitrogen and oxygen atoms in total. The number of hydrogen-bond acceptors (Lipinski definition) is 5. The lowest BCUT2D eigenvalue weighted by atomic mass is 10.2. The van der Waals surface area contributed by atoms with E-state index in [1.807, 2.05) is 13.8 Å². The van der Waals surface area contributed by atoms with Gasteiger partial charge in [-0.15, -0.1) is 0 Å². The summed E-state index contributed by atoms with van der Waals surface area (Å²) in [4.78, 5) is 24.4. The fraction of sp³-hybridized carbons (Fsp3) is 0.846. The van der Waals surface area contributed by atoms with Crippen molar-refractivity contribution in [3.63, 3.8) is 0 Å². The van der Waals surface area contributed by atoms with Crippen molar-refractivity contribution in [2.75, 3.05) is 19.8 Å². The van der Waals surface area contributed by atoms with Crippen LogP contribution in [0.25, 0.3) is 0 Å². The molecule has 1 rings (SSSR count). The Morgan fingerprint density at radius 3 is 2.15 bits per heavy atom. The molecule has 20 heavy (non-hydrogen) atoms. The van der Waals surface area contributed by atoms with Crippen molar-refractivity contribution in [3.8, 4) is 0 Å². The van der Waals surface area contributed by atoms with Gasteiger partial charge < -0.3 is 20.9 Å². The van der Waals surface area contributed by atoms with Crippen molar-refractivity contribution in [1.29, 1.82) is 0 Å². The smallest absolute Gasteiger partial charge is 0.234 e. The van der Waals surface area contributed by atoms with Gasteiger partial charge in [-0.1, -0.05) is 13.8 Å². The van der Waals surface area contributed by atoms with Crippen LogP contribution < -0.4 is 11.5 Å². The van der Waals surface area contributed by atoms with Crippen LogP contribution in [0.15, 0.2) is 0 Å². The van der Waals surface area contributed by atoms with Gasteiger partial charge in [-0.3, -0.25) is 9.59 Å². The molecule has 4 N–H and O–H groups in total. The number of amides is 2. The molecule has 1 atom stereocenters. The highest BCUT2D eigenvalue weighted by Crippen LogP contribution is 2.36. The lowest BCUT2D eigenvalue weighted by Gasteiger charge is -2.38. The zero-order valence-corrected chi connectivity index (χ0v) is 12.3. The lowest BCUT2D eigenvalue weighted by Crippen LogP contribution is -2.57. The minimum absolute atomic E-state index is 0.110. The topological polar surface area (TPSA) is 108 Å². The first-order chi connectivity index (χ1) is 9.46. The van der Waals surface area contributed by atoms with Gasteiger partial charge in [0.25, 0.3) is 0 Å². The Hall–Kier alpha value is -1.18. The fourth-order valence-electron chi connectivity index (χ4n) is 2.43. The minimum atomic E-state index is -1.07. The third-order valence-electron chi connectivity index (χ3n) is 3.27. The second kappa shape index (κ2) is 7.56. The van der Waals surface area contributed by atoms with E-state index in [-0.39, 0.29) is 6.54 Å². The second-order valence-corrected chi connectivity index (χ2v) is 4.96. The molecule has 0 spiro atoms. The predicted octanol–water partition coefficient (Wildman–Crippen LogP) is -0.0716. The zero-order valence-electron chi connectivity index (χ0n) is 12.3. The molecule has 0 aromatic heterocycles. The molecule has 116 valence electrons. The average Bonchev–Trinajstić information content (AvgIpc) is 2.73. The standard InChI is InChI=1S/C13H25N3O4/c1-3-7-19-13(20-8-4-2)6-5-10(12(15)18)16(13)9-11(14)17/h10H,3-9H2,1-2H3,(H2,14,17)(H2,15,18). The van der Waals surface area contributed by atoms with Crippen LogP contribution in [0.5, 0.6) is 0 Å². The van der Waals surface area contributed by atoms with Crippen LogP contribution in [-0.2, 0) is 19.1 Å². The lowest BCUT2D eigenvalue weighted by molar-refractivity contribution is -0.305. The molecule has 1 saturated heterocycles. The molecule has 1 fully saturated rings. The van der Waals surface area contributed by atoms with Crippen LogP contribution in [0, 0.1) is 0 Å². The quantitative estimate of drug-likeness (QED) is 0.577. The Labute approximate surface area is 119 Å². The van der Waals surface area contributed by atoms with Crippen molar-refractivity contribution in [2.45, 2.75) is 51.5 Å². The molecule has 1 heterocycles. The van der Waals surface area contributed by atoms with E-state index < -0.39 is 23.8 Å². The van der Waals surface area contributed by atoms with Crippen LogP contribution in [-0.4, -0.2) is 48.4 Å². The predicted molar refractivity (Wildman–Crippen MR) is 73.3 cm³/mol. The number of nitrogens with zero attached hydrogens (tertiary/aromatic N) is 1. The first-order valence-electron chi connectivity index (χ1n) is 7.09. The van der Waals surface area contributed by atoms with Gasteiger partial charge in [-0.05, 0) is 19.3 Å². The van der Waals surface area contributed by atoms with E-state index in [4.69, 9.17) is 20.9 Å². The second-order valence-electron chi connectivity index (χ2n) is 4.96. The summed E-state index contributed by atoms with van der Waals surface area (Å²) >= 11 is 0. The van der Waals surface area contributed by atoms with Gasteiger partial charge in [0.05, 0.1) is 25.8 Å². The number of nitrogens with two attached hydrogens (primary N) is 2. The van der Waals surface area contributed by atoms with Gasteiger partial charge in [0.15, 0.2) is 0 Å². The minimum Gasteiger partial charge on any atom is -0.369 e. The monoisotopic (exact) mass is 287 g/mol. The van der Waals surface area contributed by atoms with Crippen molar-refractivity contribution < 1.29 is 19.1 Å². The fourth-order valence-corrected chi connectivity index (χ4v) is 2.43. The maximum atomic E-state index is 11.5. The van der Waals surface area contributed by atoms with Gasteiger partial charge in [0, 0.05) is 6.42 Å². The SMILES string of the molecule is CCCOC1(OCCC)CCC(C(N)=O)N1CC(N)=O. The number of primary amides is 2. The van der Waals surface area contributed by atoms with Gasteiger partial charge in [-0.25, -0.2) is 4.90 Å². The summed E-state index contributed by atoms with van der Waals surface area (Å²) < 4.78 is 11.6. The number of ether oxygens (including phenoxy) is 2. The Balaban J connectivity index is 2.96. The normalized spacial score (nSPS) is 22.0. The molecule has 0 aliphatic carbocycles. The molecule has 2 amide bonds. The third-order valence-corrected chi connectivity index (χ3v) is 3.27. The highest BCUT2D eigenvalue weighted by Gasteiger charge is 2.51. The van der Waals surface area contributed by atoms with E-state index in [1.165, 1.54) is 0 Å². The Morgan fingerprint density at radius 2 is 1.75 bits per heavy atom. The van der Waals surface area contributed by atoms with E-state index in [9.17, 15) is 9.59 Å². The van der Waals surface area contributed by atoms with Gasteiger partial charge in [0.1, 0.15) is 0 Å². The number of rotatable bonds is 9. The number of carbonyl (C=O) groups excluding carboxylic acids is 2.